The third kappa shape index (κ3) is 2.31. The number of hydrogen-bond donors (Lipinski definition) is 1. The highest BCUT2D eigenvalue weighted by molar-refractivity contribution is 9.09. The fraction of sp³-hybridized carbons (Fsp3) is 1.00. The first-order valence-corrected chi connectivity index (χ1v) is 6.91. The summed E-state index contributed by atoms with van der Waals surface area (Å²) in [7, 11) is 0. The van der Waals surface area contributed by atoms with E-state index in [0.29, 0.717) is 5.33 Å². The molecule has 3 heteroatoms. The van der Waals surface area contributed by atoms with E-state index in [-0.39, 0.29) is 6.10 Å². The Kier molecular flexibility index (Phi) is 3.86. The van der Waals surface area contributed by atoms with Gasteiger partial charge < -0.3 is 5.11 Å². The summed E-state index contributed by atoms with van der Waals surface area (Å²) in [4.78, 5) is 2.52. The Hall–Kier alpha value is 0.400. The number of aliphatic hydroxyl groups is 1. The van der Waals surface area contributed by atoms with Crippen LogP contribution in [-0.2, 0) is 0 Å². The van der Waals surface area contributed by atoms with Gasteiger partial charge in [0.05, 0.1) is 6.10 Å². The van der Waals surface area contributed by atoms with Crippen LogP contribution in [0.15, 0.2) is 0 Å². The lowest BCUT2D eigenvalue weighted by Crippen LogP contribution is -2.46. The van der Waals surface area contributed by atoms with Crippen LogP contribution < -0.4 is 0 Å². The molecule has 2 aliphatic rings. The Morgan fingerprint density at radius 2 is 2.07 bits per heavy atom. The summed E-state index contributed by atoms with van der Waals surface area (Å²) in [6, 6.07) is 0.789. The number of rotatable bonds is 3. The zero-order chi connectivity index (χ0) is 9.97. The smallest absolute Gasteiger partial charge is 0.0763 e. The van der Waals surface area contributed by atoms with Gasteiger partial charge in [0.2, 0.25) is 0 Å². The average molecular weight is 262 g/mol. The summed E-state index contributed by atoms with van der Waals surface area (Å²) in [5, 5.41) is 10.4. The molecular weight excluding hydrogens is 242 g/mol. The first kappa shape index (κ1) is 10.9. The van der Waals surface area contributed by atoms with Gasteiger partial charge in [-0.25, -0.2) is 0 Å². The number of halogens is 1. The fourth-order valence-corrected chi connectivity index (χ4v) is 3.31. The summed E-state index contributed by atoms with van der Waals surface area (Å²) < 4.78 is 0. The zero-order valence-electron chi connectivity index (χ0n) is 8.66. The van der Waals surface area contributed by atoms with E-state index in [0.717, 1.165) is 18.5 Å². The highest BCUT2D eigenvalue weighted by Gasteiger charge is 2.35. The summed E-state index contributed by atoms with van der Waals surface area (Å²) in [6.45, 7) is 2.07. The molecule has 3 unspecified atom stereocenters. The van der Waals surface area contributed by atoms with E-state index in [9.17, 15) is 5.11 Å². The third-order valence-electron chi connectivity index (χ3n) is 3.73. The van der Waals surface area contributed by atoms with Gasteiger partial charge in [0.15, 0.2) is 0 Å². The van der Waals surface area contributed by atoms with E-state index in [2.05, 4.69) is 20.8 Å². The van der Waals surface area contributed by atoms with Crippen molar-refractivity contribution < 1.29 is 5.11 Å². The minimum Gasteiger partial charge on any atom is -0.391 e. The topological polar surface area (TPSA) is 23.5 Å². The van der Waals surface area contributed by atoms with Crippen molar-refractivity contribution >= 4 is 15.9 Å². The number of aliphatic hydroxyl groups excluding tert-OH is 1. The van der Waals surface area contributed by atoms with Gasteiger partial charge in [-0.05, 0) is 38.1 Å². The van der Waals surface area contributed by atoms with Crippen LogP contribution in [0, 0.1) is 5.92 Å². The van der Waals surface area contributed by atoms with E-state index in [1.165, 1.54) is 38.6 Å². The number of fused-ring (bicyclic) bond motifs is 1. The number of hydrogen-bond acceptors (Lipinski definition) is 2. The second-order valence-corrected chi connectivity index (χ2v) is 5.35. The largest absolute Gasteiger partial charge is 0.391 e. The molecule has 0 aromatic heterocycles. The van der Waals surface area contributed by atoms with Gasteiger partial charge in [-0.3, -0.25) is 4.90 Å². The highest BCUT2D eigenvalue weighted by atomic mass is 79.9. The van der Waals surface area contributed by atoms with Gasteiger partial charge in [-0.1, -0.05) is 22.4 Å². The molecule has 1 aliphatic heterocycles. The van der Waals surface area contributed by atoms with Crippen LogP contribution in [0.1, 0.15) is 32.1 Å². The molecule has 1 N–H and O–H groups in total. The summed E-state index contributed by atoms with van der Waals surface area (Å²) >= 11 is 3.34. The molecule has 2 fully saturated rings. The van der Waals surface area contributed by atoms with Crippen molar-refractivity contribution in [2.75, 3.05) is 18.4 Å². The molecular formula is C11H20BrNO. The lowest BCUT2D eigenvalue weighted by Gasteiger charge is -2.38. The van der Waals surface area contributed by atoms with Crippen LogP contribution in [0.3, 0.4) is 0 Å². The van der Waals surface area contributed by atoms with Crippen molar-refractivity contribution in [1.29, 1.82) is 0 Å². The molecule has 82 valence electrons. The Morgan fingerprint density at radius 3 is 2.86 bits per heavy atom. The van der Waals surface area contributed by atoms with E-state index >= 15 is 0 Å². The predicted octanol–water partition coefficient (Wildman–Crippen LogP) is 2.01. The SMILES string of the molecule is OC(CBr)CN1CCCC2CCCC21. The number of alkyl halides is 1. The summed E-state index contributed by atoms with van der Waals surface area (Å²) in [5.74, 6) is 0.936. The number of nitrogens with zero attached hydrogens (tertiary/aromatic N) is 1. The van der Waals surface area contributed by atoms with Crippen LogP contribution in [0.4, 0.5) is 0 Å². The van der Waals surface area contributed by atoms with Gasteiger partial charge in [0.25, 0.3) is 0 Å². The van der Waals surface area contributed by atoms with Crippen molar-refractivity contribution in [2.45, 2.75) is 44.2 Å². The molecule has 2 nitrogen and oxygen atoms in total. The van der Waals surface area contributed by atoms with E-state index < -0.39 is 0 Å². The van der Waals surface area contributed by atoms with Gasteiger partial charge in [0.1, 0.15) is 0 Å². The van der Waals surface area contributed by atoms with E-state index in [4.69, 9.17) is 0 Å². The maximum Gasteiger partial charge on any atom is 0.0763 e. The Balaban J connectivity index is 1.90. The normalized spacial score (nSPS) is 35.6. The molecule has 0 aromatic rings. The number of β-amino-alcohol motifs (C(OH)–C–C–N with tert-alkyl or cyclic N) is 1. The van der Waals surface area contributed by atoms with Crippen molar-refractivity contribution in [3.05, 3.63) is 0 Å². The Bertz CT molecular complexity index is 188. The van der Waals surface area contributed by atoms with Crippen LogP contribution in [0.5, 0.6) is 0 Å². The molecule has 1 aliphatic carbocycles. The fourth-order valence-electron chi connectivity index (χ4n) is 3.10. The lowest BCUT2D eigenvalue weighted by atomic mass is 9.92. The molecule has 3 atom stereocenters. The summed E-state index contributed by atoms with van der Waals surface area (Å²) in [5.41, 5.74) is 0. The number of likely N-dealkylation sites (tertiary alicyclic amines) is 1. The zero-order valence-corrected chi connectivity index (χ0v) is 10.2. The van der Waals surface area contributed by atoms with Crippen LogP contribution in [-0.4, -0.2) is 40.6 Å². The molecule has 1 saturated heterocycles. The molecule has 0 amide bonds. The second-order valence-electron chi connectivity index (χ2n) is 4.70. The van der Waals surface area contributed by atoms with Crippen LogP contribution >= 0.6 is 15.9 Å². The van der Waals surface area contributed by atoms with Gasteiger partial charge >= 0.3 is 0 Å². The first-order chi connectivity index (χ1) is 6.81. The van der Waals surface area contributed by atoms with E-state index in [1.807, 2.05) is 0 Å². The molecule has 2 rings (SSSR count). The first-order valence-electron chi connectivity index (χ1n) is 5.79. The molecule has 0 bridgehead atoms. The van der Waals surface area contributed by atoms with Crippen LogP contribution in [0.25, 0.3) is 0 Å². The maximum absolute atomic E-state index is 9.64. The second kappa shape index (κ2) is 4.95. The van der Waals surface area contributed by atoms with Crippen molar-refractivity contribution in [1.82, 2.24) is 4.90 Å². The molecule has 0 aromatic carbocycles. The van der Waals surface area contributed by atoms with Gasteiger partial charge in [-0.15, -0.1) is 0 Å². The monoisotopic (exact) mass is 261 g/mol. The van der Waals surface area contributed by atoms with Gasteiger partial charge in [0, 0.05) is 17.9 Å². The minimum absolute atomic E-state index is 0.186. The Labute approximate surface area is 94.8 Å². The predicted molar refractivity (Wildman–Crippen MR) is 61.7 cm³/mol. The molecule has 0 radical (unpaired) electrons. The van der Waals surface area contributed by atoms with Crippen molar-refractivity contribution in [2.24, 2.45) is 5.92 Å². The molecule has 14 heavy (non-hydrogen) atoms. The van der Waals surface area contributed by atoms with Crippen molar-refractivity contribution in [3.63, 3.8) is 0 Å². The molecule has 1 heterocycles. The quantitative estimate of drug-likeness (QED) is 0.786. The number of piperidine rings is 1. The van der Waals surface area contributed by atoms with Crippen LogP contribution in [0.2, 0.25) is 0 Å². The third-order valence-corrected chi connectivity index (χ3v) is 4.48. The van der Waals surface area contributed by atoms with Gasteiger partial charge in [-0.2, -0.15) is 0 Å². The standard InChI is InChI=1S/C11H20BrNO/c12-7-10(14)8-13-6-2-4-9-3-1-5-11(9)13/h9-11,14H,1-8H2. The molecule has 1 saturated carbocycles. The van der Waals surface area contributed by atoms with Crippen molar-refractivity contribution in [3.8, 4) is 0 Å². The van der Waals surface area contributed by atoms with E-state index in [1.54, 1.807) is 0 Å². The Morgan fingerprint density at radius 1 is 1.29 bits per heavy atom. The minimum atomic E-state index is -0.186. The lowest BCUT2D eigenvalue weighted by molar-refractivity contribution is 0.0608. The maximum atomic E-state index is 9.64. The highest BCUT2D eigenvalue weighted by Crippen LogP contribution is 2.36. The summed E-state index contributed by atoms with van der Waals surface area (Å²) in [6.07, 6.45) is 6.75. The molecule has 0 spiro atoms. The average Bonchev–Trinajstić information content (AvgIpc) is 2.66.